The Hall–Kier alpha value is -2.02. The van der Waals surface area contributed by atoms with Crippen LogP contribution < -0.4 is 10.6 Å². The van der Waals surface area contributed by atoms with E-state index in [0.717, 1.165) is 24.8 Å². The normalized spacial score (nSPS) is 19.0. The highest BCUT2D eigenvalue weighted by Crippen LogP contribution is 2.31. The van der Waals surface area contributed by atoms with Crippen molar-refractivity contribution < 1.29 is 9.18 Å². The standard InChI is InChI=1S/C22H23FN2OS2/c23-16-8-6-15(7-9-16)13-24-19-4-1-3-18(19)22(26)25-14-17-10-11-21(28-17)20-5-2-12-27-20/h2,5-12,18-19,24H,1,3-4,13-14H2,(H,25,26). The molecule has 0 aliphatic heterocycles. The molecule has 3 nitrogen and oxygen atoms in total. The average molecular weight is 415 g/mol. The van der Waals surface area contributed by atoms with Crippen LogP contribution in [0.1, 0.15) is 29.7 Å². The van der Waals surface area contributed by atoms with Gasteiger partial charge in [0.15, 0.2) is 0 Å². The number of hydrogen-bond donors (Lipinski definition) is 2. The number of thiophene rings is 2. The van der Waals surface area contributed by atoms with Crippen LogP contribution in [-0.4, -0.2) is 11.9 Å². The van der Waals surface area contributed by atoms with Crippen molar-refractivity contribution in [1.29, 1.82) is 0 Å². The zero-order valence-corrected chi connectivity index (χ0v) is 17.1. The van der Waals surface area contributed by atoms with E-state index in [1.54, 1.807) is 34.8 Å². The third-order valence-corrected chi connectivity index (χ3v) is 7.35. The second-order valence-electron chi connectivity index (χ2n) is 7.11. The first-order valence-electron chi connectivity index (χ1n) is 9.57. The Labute approximate surface area is 172 Å². The molecule has 2 atom stereocenters. The molecule has 0 saturated heterocycles. The van der Waals surface area contributed by atoms with Crippen LogP contribution in [0, 0.1) is 11.7 Å². The van der Waals surface area contributed by atoms with Gasteiger partial charge in [-0.2, -0.15) is 0 Å². The van der Waals surface area contributed by atoms with Crippen LogP contribution in [-0.2, 0) is 17.9 Å². The molecule has 0 bridgehead atoms. The Balaban J connectivity index is 1.29. The highest BCUT2D eigenvalue weighted by atomic mass is 32.1. The molecule has 1 aromatic carbocycles. The minimum Gasteiger partial charge on any atom is -0.351 e. The minimum absolute atomic E-state index is 0.00261. The van der Waals surface area contributed by atoms with Gasteiger partial charge in [0.25, 0.3) is 0 Å². The van der Waals surface area contributed by atoms with Gasteiger partial charge in [0.2, 0.25) is 5.91 Å². The van der Waals surface area contributed by atoms with Gasteiger partial charge in [-0.15, -0.1) is 22.7 Å². The van der Waals surface area contributed by atoms with Crippen LogP contribution in [0.5, 0.6) is 0 Å². The summed E-state index contributed by atoms with van der Waals surface area (Å²) < 4.78 is 13.0. The molecule has 1 amide bonds. The van der Waals surface area contributed by atoms with Crippen LogP contribution >= 0.6 is 22.7 Å². The van der Waals surface area contributed by atoms with Gasteiger partial charge in [-0.3, -0.25) is 4.79 Å². The third-order valence-electron chi connectivity index (χ3n) is 5.20. The largest absolute Gasteiger partial charge is 0.351 e. The number of halogens is 1. The summed E-state index contributed by atoms with van der Waals surface area (Å²) in [6.07, 6.45) is 2.97. The maximum atomic E-state index is 13.0. The van der Waals surface area contributed by atoms with Crippen LogP contribution in [0.3, 0.4) is 0 Å². The number of amides is 1. The van der Waals surface area contributed by atoms with E-state index in [0.29, 0.717) is 13.1 Å². The summed E-state index contributed by atoms with van der Waals surface area (Å²) >= 11 is 3.47. The Bertz CT molecular complexity index is 905. The Morgan fingerprint density at radius 3 is 2.68 bits per heavy atom. The molecule has 2 heterocycles. The van der Waals surface area contributed by atoms with E-state index in [1.165, 1.54) is 26.8 Å². The van der Waals surface area contributed by atoms with Gasteiger partial charge < -0.3 is 10.6 Å². The molecular formula is C22H23FN2OS2. The number of rotatable bonds is 7. The smallest absolute Gasteiger partial charge is 0.224 e. The molecule has 2 N–H and O–H groups in total. The van der Waals surface area contributed by atoms with Crippen molar-refractivity contribution in [3.8, 4) is 9.75 Å². The number of hydrogen-bond acceptors (Lipinski definition) is 4. The van der Waals surface area contributed by atoms with E-state index in [9.17, 15) is 9.18 Å². The predicted octanol–water partition coefficient (Wildman–Crippen LogP) is 5.19. The lowest BCUT2D eigenvalue weighted by molar-refractivity contribution is -0.125. The Morgan fingerprint density at radius 2 is 1.89 bits per heavy atom. The van der Waals surface area contributed by atoms with Crippen molar-refractivity contribution in [2.24, 2.45) is 5.92 Å². The van der Waals surface area contributed by atoms with E-state index in [-0.39, 0.29) is 23.7 Å². The fraction of sp³-hybridized carbons (Fsp3) is 0.318. The van der Waals surface area contributed by atoms with E-state index >= 15 is 0 Å². The van der Waals surface area contributed by atoms with E-state index in [2.05, 4.69) is 40.3 Å². The lowest BCUT2D eigenvalue weighted by Gasteiger charge is -2.20. The van der Waals surface area contributed by atoms with Crippen molar-refractivity contribution >= 4 is 28.6 Å². The van der Waals surface area contributed by atoms with Crippen LogP contribution in [0.2, 0.25) is 0 Å². The van der Waals surface area contributed by atoms with Gasteiger partial charge in [0.1, 0.15) is 5.82 Å². The second kappa shape index (κ2) is 8.99. The number of nitrogens with one attached hydrogen (secondary N) is 2. The maximum absolute atomic E-state index is 13.0. The summed E-state index contributed by atoms with van der Waals surface area (Å²) in [5.41, 5.74) is 1.03. The van der Waals surface area contributed by atoms with Crippen LogP contribution in [0.4, 0.5) is 4.39 Å². The average Bonchev–Trinajstić information content (AvgIpc) is 3.47. The molecule has 146 valence electrons. The maximum Gasteiger partial charge on any atom is 0.224 e. The minimum atomic E-state index is -0.224. The second-order valence-corrected chi connectivity index (χ2v) is 9.23. The quantitative estimate of drug-likeness (QED) is 0.559. The molecule has 1 aliphatic rings. The van der Waals surface area contributed by atoms with Crippen molar-refractivity contribution in [3.05, 3.63) is 70.2 Å². The van der Waals surface area contributed by atoms with E-state index in [1.807, 2.05) is 0 Å². The van der Waals surface area contributed by atoms with Gasteiger partial charge in [-0.25, -0.2) is 4.39 Å². The topological polar surface area (TPSA) is 41.1 Å². The first kappa shape index (κ1) is 19.3. The van der Waals surface area contributed by atoms with Crippen molar-refractivity contribution in [3.63, 3.8) is 0 Å². The molecule has 0 spiro atoms. The van der Waals surface area contributed by atoms with Crippen LogP contribution in [0.25, 0.3) is 9.75 Å². The lowest BCUT2D eigenvalue weighted by Crippen LogP contribution is -2.41. The number of benzene rings is 1. The van der Waals surface area contributed by atoms with Crippen molar-refractivity contribution in [2.75, 3.05) is 0 Å². The summed E-state index contributed by atoms with van der Waals surface area (Å²) in [5.74, 6) is -0.102. The summed E-state index contributed by atoms with van der Waals surface area (Å²) in [4.78, 5) is 16.4. The van der Waals surface area contributed by atoms with Crippen LogP contribution in [0.15, 0.2) is 53.9 Å². The summed E-state index contributed by atoms with van der Waals surface area (Å²) in [7, 11) is 0. The molecule has 1 aliphatic carbocycles. The van der Waals surface area contributed by atoms with Gasteiger partial charge in [-0.1, -0.05) is 24.6 Å². The van der Waals surface area contributed by atoms with Gasteiger partial charge in [-0.05, 0) is 54.1 Å². The number of carbonyl (C=O) groups is 1. The lowest BCUT2D eigenvalue weighted by atomic mass is 10.0. The third kappa shape index (κ3) is 4.69. The molecule has 2 aromatic heterocycles. The monoisotopic (exact) mass is 414 g/mol. The van der Waals surface area contributed by atoms with E-state index < -0.39 is 0 Å². The first-order chi connectivity index (χ1) is 13.7. The van der Waals surface area contributed by atoms with Crippen molar-refractivity contribution in [2.45, 2.75) is 38.4 Å². The van der Waals surface area contributed by atoms with Gasteiger partial charge in [0.05, 0.1) is 12.5 Å². The molecule has 0 radical (unpaired) electrons. The first-order valence-corrected chi connectivity index (χ1v) is 11.3. The van der Waals surface area contributed by atoms with Gasteiger partial charge in [0, 0.05) is 27.2 Å². The predicted molar refractivity (Wildman–Crippen MR) is 114 cm³/mol. The highest BCUT2D eigenvalue weighted by molar-refractivity contribution is 7.21. The molecule has 1 saturated carbocycles. The molecule has 6 heteroatoms. The number of carbonyl (C=O) groups excluding carboxylic acids is 1. The van der Waals surface area contributed by atoms with Crippen molar-refractivity contribution in [1.82, 2.24) is 10.6 Å². The van der Waals surface area contributed by atoms with E-state index in [4.69, 9.17) is 0 Å². The Kier molecular flexibility index (Phi) is 6.20. The SMILES string of the molecule is O=C(NCc1ccc(-c2cccs2)s1)C1CCCC1NCc1ccc(F)cc1. The van der Waals surface area contributed by atoms with Gasteiger partial charge >= 0.3 is 0 Å². The molecule has 2 unspecified atom stereocenters. The fourth-order valence-electron chi connectivity index (χ4n) is 3.70. The molecular weight excluding hydrogens is 391 g/mol. The molecule has 28 heavy (non-hydrogen) atoms. The summed E-state index contributed by atoms with van der Waals surface area (Å²) in [6, 6.07) is 15.1. The Morgan fingerprint density at radius 1 is 1.04 bits per heavy atom. The molecule has 1 fully saturated rings. The fourth-order valence-corrected chi connectivity index (χ4v) is 5.48. The summed E-state index contributed by atoms with van der Waals surface area (Å²) in [6.45, 7) is 1.24. The highest BCUT2D eigenvalue weighted by Gasteiger charge is 2.32. The summed E-state index contributed by atoms with van der Waals surface area (Å²) in [5, 5.41) is 8.69. The zero-order valence-electron chi connectivity index (χ0n) is 15.5. The molecule has 3 aromatic rings. The zero-order chi connectivity index (χ0) is 19.3. The molecule has 4 rings (SSSR count).